The molecule has 0 saturated carbocycles. The second-order valence-corrected chi connectivity index (χ2v) is 8.46. The maximum absolute atomic E-state index is 12.2. The fourth-order valence-corrected chi connectivity index (χ4v) is 4.13. The summed E-state index contributed by atoms with van der Waals surface area (Å²) < 4.78 is 5.22. The van der Waals surface area contributed by atoms with Crippen molar-refractivity contribution in [3.05, 3.63) is 61.6 Å². The molecule has 3 N–H and O–H groups in total. The zero-order valence-electron chi connectivity index (χ0n) is 19.4. The van der Waals surface area contributed by atoms with Crippen molar-refractivity contribution in [2.75, 3.05) is 5.32 Å². The summed E-state index contributed by atoms with van der Waals surface area (Å²) in [4.78, 5) is 33.6. The van der Waals surface area contributed by atoms with Gasteiger partial charge < -0.3 is 14.7 Å². The van der Waals surface area contributed by atoms with Crippen molar-refractivity contribution < 1.29 is 9.21 Å². The van der Waals surface area contributed by atoms with Crippen LogP contribution in [0, 0.1) is 0 Å². The van der Waals surface area contributed by atoms with Crippen LogP contribution in [0.5, 0.6) is 0 Å². The van der Waals surface area contributed by atoms with Crippen LogP contribution >= 0.6 is 0 Å². The number of rotatable bonds is 7. The third kappa shape index (κ3) is 3.98. The Labute approximate surface area is 205 Å². The first-order chi connectivity index (χ1) is 17.7. The Bertz CT molecular complexity index is 1680. The summed E-state index contributed by atoms with van der Waals surface area (Å²) in [5, 5.41) is 11.2. The number of nitrogens with zero attached hydrogens (tertiary/aromatic N) is 5. The number of carbonyl (C=O) groups excluding carboxylic acids is 1. The second kappa shape index (κ2) is 9.06. The van der Waals surface area contributed by atoms with E-state index in [-0.39, 0.29) is 5.91 Å². The van der Waals surface area contributed by atoms with Gasteiger partial charge in [-0.15, -0.1) is 0 Å². The highest BCUT2D eigenvalue weighted by atomic mass is 16.3. The Hall–Kier alpha value is -4.86. The molecule has 0 aromatic carbocycles. The molecule has 0 aliphatic carbocycles. The van der Waals surface area contributed by atoms with E-state index in [1.54, 1.807) is 37.3 Å². The van der Waals surface area contributed by atoms with Gasteiger partial charge in [-0.1, -0.05) is 13.3 Å². The molecule has 6 heterocycles. The van der Waals surface area contributed by atoms with Crippen LogP contribution in [0.25, 0.3) is 56.0 Å². The number of amides is 1. The van der Waals surface area contributed by atoms with E-state index in [0.717, 1.165) is 51.6 Å². The molecule has 0 bridgehead atoms. The molecule has 0 aliphatic rings. The van der Waals surface area contributed by atoms with Crippen molar-refractivity contribution in [3.8, 4) is 33.9 Å². The minimum absolute atomic E-state index is 0.0179. The summed E-state index contributed by atoms with van der Waals surface area (Å²) in [6.45, 7) is 2.06. The molecule has 0 fully saturated rings. The number of pyridine rings is 3. The third-order valence-corrected chi connectivity index (χ3v) is 5.95. The van der Waals surface area contributed by atoms with Crippen molar-refractivity contribution in [2.24, 2.45) is 0 Å². The monoisotopic (exact) mass is 478 g/mol. The smallest absolute Gasteiger partial charge is 0.224 e. The number of anilines is 1. The van der Waals surface area contributed by atoms with Crippen LogP contribution in [0.4, 0.5) is 5.69 Å². The van der Waals surface area contributed by atoms with Crippen LogP contribution in [0.3, 0.4) is 0 Å². The van der Waals surface area contributed by atoms with Gasteiger partial charge >= 0.3 is 0 Å². The van der Waals surface area contributed by atoms with Gasteiger partial charge in [0.15, 0.2) is 11.5 Å². The van der Waals surface area contributed by atoms with E-state index in [9.17, 15) is 4.79 Å². The summed E-state index contributed by atoms with van der Waals surface area (Å²) in [5.41, 5.74) is 6.76. The summed E-state index contributed by atoms with van der Waals surface area (Å²) in [5.74, 6) is 0.582. The summed E-state index contributed by atoms with van der Waals surface area (Å²) >= 11 is 0. The van der Waals surface area contributed by atoms with Gasteiger partial charge in [0.25, 0.3) is 0 Å². The minimum atomic E-state index is -0.0179. The SMILES string of the molecule is CCCCC(=O)Nc1cncc(-c2cnc3[nH]nc(-c4nc5c(-c6ccoc6)nccc5[nH]4)c3c2)c1. The number of hydrogen-bond acceptors (Lipinski definition) is 7. The van der Waals surface area contributed by atoms with Crippen LogP contribution in [0.2, 0.25) is 0 Å². The van der Waals surface area contributed by atoms with Gasteiger partial charge in [-0.05, 0) is 30.7 Å². The number of imidazole rings is 1. The number of H-pyrrole nitrogens is 2. The number of carbonyl (C=O) groups is 1. The predicted octanol–water partition coefficient (Wildman–Crippen LogP) is 5.35. The van der Waals surface area contributed by atoms with Crippen LogP contribution in [-0.2, 0) is 4.79 Å². The van der Waals surface area contributed by atoms with E-state index >= 15 is 0 Å². The van der Waals surface area contributed by atoms with Gasteiger partial charge in [0, 0.05) is 41.7 Å². The highest BCUT2D eigenvalue weighted by Gasteiger charge is 2.17. The van der Waals surface area contributed by atoms with Gasteiger partial charge in [0.1, 0.15) is 16.9 Å². The van der Waals surface area contributed by atoms with Gasteiger partial charge in [-0.25, -0.2) is 9.97 Å². The lowest BCUT2D eigenvalue weighted by atomic mass is 10.1. The Morgan fingerprint density at radius 3 is 2.83 bits per heavy atom. The van der Waals surface area contributed by atoms with E-state index in [1.807, 2.05) is 24.3 Å². The lowest BCUT2D eigenvalue weighted by Gasteiger charge is -2.07. The topological polar surface area (TPSA) is 138 Å². The zero-order valence-corrected chi connectivity index (χ0v) is 19.4. The van der Waals surface area contributed by atoms with Gasteiger partial charge in [0.2, 0.25) is 5.91 Å². The summed E-state index contributed by atoms with van der Waals surface area (Å²) in [6, 6.07) is 7.61. The van der Waals surface area contributed by atoms with E-state index in [4.69, 9.17) is 9.40 Å². The molecule has 0 aliphatic heterocycles. The molecule has 0 saturated heterocycles. The molecule has 10 heteroatoms. The maximum Gasteiger partial charge on any atom is 0.224 e. The molecule has 6 aromatic heterocycles. The quantitative estimate of drug-likeness (QED) is 0.281. The van der Waals surface area contributed by atoms with E-state index in [2.05, 4.69) is 42.4 Å². The lowest BCUT2D eigenvalue weighted by molar-refractivity contribution is -0.116. The number of unbranched alkanes of at least 4 members (excludes halogenated alkanes) is 1. The first-order valence-electron chi connectivity index (χ1n) is 11.7. The number of fused-ring (bicyclic) bond motifs is 2. The molecule has 178 valence electrons. The Balaban J connectivity index is 1.37. The van der Waals surface area contributed by atoms with Crippen LogP contribution in [-0.4, -0.2) is 41.0 Å². The molecule has 1 amide bonds. The second-order valence-electron chi connectivity index (χ2n) is 8.46. The Morgan fingerprint density at radius 1 is 1.06 bits per heavy atom. The van der Waals surface area contributed by atoms with E-state index in [0.29, 0.717) is 29.3 Å². The predicted molar refractivity (Wildman–Crippen MR) is 136 cm³/mol. The molecule has 0 radical (unpaired) electrons. The van der Waals surface area contributed by atoms with Crippen LogP contribution in [0.1, 0.15) is 26.2 Å². The molecule has 10 nitrogen and oxygen atoms in total. The van der Waals surface area contributed by atoms with Gasteiger partial charge in [0.05, 0.1) is 35.3 Å². The number of hydrogen-bond donors (Lipinski definition) is 3. The molecule has 6 rings (SSSR count). The maximum atomic E-state index is 12.2. The Kier molecular flexibility index (Phi) is 5.45. The largest absolute Gasteiger partial charge is 0.472 e. The lowest BCUT2D eigenvalue weighted by Crippen LogP contribution is -2.11. The van der Waals surface area contributed by atoms with Crippen molar-refractivity contribution in [1.29, 1.82) is 0 Å². The molecule has 0 atom stereocenters. The van der Waals surface area contributed by atoms with Crippen molar-refractivity contribution in [3.63, 3.8) is 0 Å². The number of furan rings is 1. The average Bonchev–Trinajstić information content (AvgIpc) is 3.66. The van der Waals surface area contributed by atoms with Gasteiger partial charge in [-0.3, -0.25) is 19.9 Å². The number of nitrogens with one attached hydrogen (secondary N) is 3. The third-order valence-electron chi connectivity index (χ3n) is 5.95. The fraction of sp³-hybridized carbons (Fsp3) is 0.154. The first kappa shape index (κ1) is 21.7. The van der Waals surface area contributed by atoms with Crippen LogP contribution < -0.4 is 5.32 Å². The van der Waals surface area contributed by atoms with E-state index < -0.39 is 0 Å². The molecule has 36 heavy (non-hydrogen) atoms. The highest BCUT2D eigenvalue weighted by Crippen LogP contribution is 2.32. The van der Waals surface area contributed by atoms with Crippen molar-refractivity contribution in [1.82, 2.24) is 35.1 Å². The fourth-order valence-electron chi connectivity index (χ4n) is 4.13. The summed E-state index contributed by atoms with van der Waals surface area (Å²) in [6.07, 6.45) is 12.4. The standard InChI is InChI=1S/C26H22N8O2/c1-2-3-4-21(35)30-18-9-16(11-27-13-18)17-10-19-23(33-34-25(19)29-12-17)26-31-20-5-7-28-22(24(20)32-26)15-6-8-36-14-15/h5-14H,2-4H2,1H3,(H,30,35)(H,31,32)(H,29,33,34). The molecular formula is C26H22N8O2. The number of aromatic nitrogens is 7. The van der Waals surface area contributed by atoms with E-state index in [1.165, 1.54) is 0 Å². The average molecular weight is 479 g/mol. The van der Waals surface area contributed by atoms with Gasteiger partial charge in [-0.2, -0.15) is 5.10 Å². The Morgan fingerprint density at radius 2 is 1.97 bits per heavy atom. The minimum Gasteiger partial charge on any atom is -0.472 e. The normalized spacial score (nSPS) is 11.4. The molecular weight excluding hydrogens is 456 g/mol. The van der Waals surface area contributed by atoms with Crippen molar-refractivity contribution >= 4 is 33.7 Å². The van der Waals surface area contributed by atoms with Crippen molar-refractivity contribution in [2.45, 2.75) is 26.2 Å². The first-order valence-corrected chi connectivity index (χ1v) is 11.7. The zero-order chi connectivity index (χ0) is 24.5. The molecule has 0 unspecified atom stereocenters. The highest BCUT2D eigenvalue weighted by molar-refractivity contribution is 5.96. The van der Waals surface area contributed by atoms with Crippen LogP contribution in [0.15, 0.2) is 66.0 Å². The molecule has 6 aromatic rings. The summed E-state index contributed by atoms with van der Waals surface area (Å²) in [7, 11) is 0. The number of aromatic amines is 2. The molecule has 0 spiro atoms.